The van der Waals surface area contributed by atoms with Crippen LogP contribution in [0, 0.1) is 6.92 Å². The van der Waals surface area contributed by atoms with Crippen LogP contribution in [0.1, 0.15) is 56.7 Å². The molecule has 1 aromatic carbocycles. The maximum atomic E-state index is 13.3. The Morgan fingerprint density at radius 2 is 1.83 bits per heavy atom. The second-order valence-electron chi connectivity index (χ2n) is 8.10. The molecule has 0 radical (unpaired) electrons. The molecule has 29 heavy (non-hydrogen) atoms. The van der Waals surface area contributed by atoms with Gasteiger partial charge in [-0.15, -0.1) is 0 Å². The third-order valence-corrected chi connectivity index (χ3v) is 6.77. The smallest absolute Gasteiger partial charge is 0.259 e. The third-order valence-electron chi connectivity index (χ3n) is 6.23. The Bertz CT molecular complexity index is 951. The number of rotatable bonds is 3. The van der Waals surface area contributed by atoms with Crippen molar-refractivity contribution in [3.05, 3.63) is 49.9 Å². The quantitative estimate of drug-likeness (QED) is 0.596. The van der Waals surface area contributed by atoms with Crippen LogP contribution in [0.3, 0.4) is 0 Å². The summed E-state index contributed by atoms with van der Waals surface area (Å²) in [5, 5.41) is 1.16. The molecule has 156 valence electrons. The molecule has 5 nitrogen and oxygen atoms in total. The summed E-state index contributed by atoms with van der Waals surface area (Å²) in [6, 6.07) is 5.97. The van der Waals surface area contributed by atoms with E-state index in [2.05, 4.69) is 9.80 Å². The monoisotopic (exact) mass is 434 g/mol. The maximum Gasteiger partial charge on any atom is 0.259 e. The van der Waals surface area contributed by atoms with Gasteiger partial charge in [0, 0.05) is 22.3 Å². The molecule has 2 aromatic rings. The van der Waals surface area contributed by atoms with Gasteiger partial charge in [0.1, 0.15) is 0 Å². The number of aromatic nitrogens is 2. The molecular formula is C22H28Cl2N4O. The molecule has 1 aromatic heterocycles. The van der Waals surface area contributed by atoms with Crippen molar-refractivity contribution >= 4 is 34.8 Å². The fourth-order valence-electron chi connectivity index (χ4n) is 4.64. The topological polar surface area (TPSA) is 41.4 Å². The number of aryl methyl sites for hydroxylation is 1. The van der Waals surface area contributed by atoms with Crippen LogP contribution in [0.15, 0.2) is 23.0 Å². The van der Waals surface area contributed by atoms with Gasteiger partial charge in [0.2, 0.25) is 5.95 Å². The van der Waals surface area contributed by atoms with Gasteiger partial charge in [-0.1, -0.05) is 55.8 Å². The first-order valence-electron chi connectivity index (χ1n) is 10.6. The number of halogens is 2. The van der Waals surface area contributed by atoms with E-state index in [0.29, 0.717) is 41.8 Å². The van der Waals surface area contributed by atoms with Gasteiger partial charge in [0.05, 0.1) is 24.0 Å². The largest absolute Gasteiger partial charge is 0.297 e. The first kappa shape index (κ1) is 20.7. The Balaban J connectivity index is 1.82. The highest BCUT2D eigenvalue weighted by Gasteiger charge is 2.32. The summed E-state index contributed by atoms with van der Waals surface area (Å²) in [5.41, 5.74) is 2.47. The van der Waals surface area contributed by atoms with E-state index in [1.54, 1.807) is 6.07 Å². The van der Waals surface area contributed by atoms with E-state index >= 15 is 0 Å². The van der Waals surface area contributed by atoms with Crippen LogP contribution in [0.4, 0.5) is 11.6 Å². The average molecular weight is 435 g/mol. The summed E-state index contributed by atoms with van der Waals surface area (Å²) in [5.74, 6) is 0.666. The Kier molecular flexibility index (Phi) is 6.19. The molecule has 0 bridgehead atoms. The second-order valence-corrected chi connectivity index (χ2v) is 8.95. The predicted octanol–water partition coefficient (Wildman–Crippen LogP) is 5.51. The minimum Gasteiger partial charge on any atom is -0.297 e. The maximum absolute atomic E-state index is 13.3. The predicted molar refractivity (Wildman–Crippen MR) is 119 cm³/mol. The molecule has 7 heteroatoms. The second kappa shape index (κ2) is 8.66. The van der Waals surface area contributed by atoms with Crippen molar-refractivity contribution in [3.63, 3.8) is 0 Å². The molecule has 0 N–H and O–H groups in total. The van der Waals surface area contributed by atoms with Crippen molar-refractivity contribution in [1.29, 1.82) is 0 Å². The average Bonchev–Trinajstić information content (AvgIpc) is 2.98. The first-order valence-corrected chi connectivity index (χ1v) is 11.3. The number of benzene rings is 1. The number of nitrogens with zero attached hydrogens (tertiary/aromatic N) is 4. The summed E-state index contributed by atoms with van der Waals surface area (Å²) in [7, 11) is 0. The van der Waals surface area contributed by atoms with E-state index in [9.17, 15) is 4.79 Å². The van der Waals surface area contributed by atoms with E-state index in [1.165, 1.54) is 38.5 Å². The lowest BCUT2D eigenvalue weighted by Gasteiger charge is -2.42. The van der Waals surface area contributed by atoms with Crippen molar-refractivity contribution < 1.29 is 0 Å². The fraction of sp³-hybridized carbons (Fsp3) is 0.545. The highest BCUT2D eigenvalue weighted by Crippen LogP contribution is 2.36. The minimum atomic E-state index is 0.0587. The molecular weight excluding hydrogens is 407 g/mol. The summed E-state index contributed by atoms with van der Waals surface area (Å²) >= 11 is 12.7. The molecule has 2 heterocycles. The van der Waals surface area contributed by atoms with E-state index in [0.717, 1.165) is 16.9 Å². The first-order chi connectivity index (χ1) is 14.0. The van der Waals surface area contributed by atoms with Gasteiger partial charge in [-0.2, -0.15) is 0 Å². The van der Waals surface area contributed by atoms with Gasteiger partial charge in [-0.05, 0) is 44.4 Å². The SMILES string of the molecule is CCc1c(C)nc2n(c1=O)CN(C1CCCCCC1)CN2c1ccc(Cl)cc1Cl. The minimum absolute atomic E-state index is 0.0587. The number of fused-ring (bicyclic) bond motifs is 1. The zero-order chi connectivity index (χ0) is 20.5. The molecule has 0 saturated heterocycles. The third kappa shape index (κ3) is 4.05. The van der Waals surface area contributed by atoms with Gasteiger partial charge < -0.3 is 0 Å². The molecule has 0 unspecified atom stereocenters. The van der Waals surface area contributed by atoms with Crippen LogP contribution in [-0.4, -0.2) is 27.2 Å². The normalized spacial score (nSPS) is 18.6. The molecule has 4 rings (SSSR count). The van der Waals surface area contributed by atoms with Crippen molar-refractivity contribution in [3.8, 4) is 0 Å². The number of hydrogen-bond donors (Lipinski definition) is 0. The van der Waals surface area contributed by atoms with Crippen LogP contribution < -0.4 is 10.5 Å². The van der Waals surface area contributed by atoms with E-state index in [4.69, 9.17) is 28.2 Å². The van der Waals surface area contributed by atoms with E-state index < -0.39 is 0 Å². The van der Waals surface area contributed by atoms with Gasteiger partial charge in [0.25, 0.3) is 5.56 Å². The molecule has 0 amide bonds. The highest BCUT2D eigenvalue weighted by molar-refractivity contribution is 6.36. The Hall–Kier alpha value is -1.56. The van der Waals surface area contributed by atoms with Crippen molar-refractivity contribution in [1.82, 2.24) is 14.5 Å². The molecule has 1 aliphatic heterocycles. The summed E-state index contributed by atoms with van der Waals surface area (Å²) in [6.07, 6.45) is 8.12. The van der Waals surface area contributed by atoms with Crippen LogP contribution >= 0.6 is 23.2 Å². The zero-order valence-electron chi connectivity index (χ0n) is 17.1. The van der Waals surface area contributed by atoms with Gasteiger partial charge >= 0.3 is 0 Å². The van der Waals surface area contributed by atoms with Gasteiger partial charge in [0.15, 0.2) is 0 Å². The summed E-state index contributed by atoms with van der Waals surface area (Å²) in [4.78, 5) is 22.6. The lowest BCUT2D eigenvalue weighted by atomic mass is 10.1. The van der Waals surface area contributed by atoms with Gasteiger partial charge in [-0.3, -0.25) is 19.2 Å². The van der Waals surface area contributed by atoms with Crippen LogP contribution in [0.5, 0.6) is 0 Å². The Morgan fingerprint density at radius 1 is 1.10 bits per heavy atom. The molecule has 0 atom stereocenters. The van der Waals surface area contributed by atoms with Crippen LogP contribution in [0.25, 0.3) is 0 Å². The molecule has 1 fully saturated rings. The summed E-state index contributed by atoms with van der Waals surface area (Å²) in [6.45, 7) is 5.18. The zero-order valence-corrected chi connectivity index (χ0v) is 18.6. The van der Waals surface area contributed by atoms with Crippen molar-refractivity contribution in [2.24, 2.45) is 0 Å². The molecule has 2 aliphatic rings. The van der Waals surface area contributed by atoms with E-state index in [-0.39, 0.29) is 5.56 Å². The lowest BCUT2D eigenvalue weighted by molar-refractivity contribution is 0.123. The highest BCUT2D eigenvalue weighted by atomic mass is 35.5. The Labute approximate surface area is 182 Å². The fourth-order valence-corrected chi connectivity index (χ4v) is 5.15. The number of hydrogen-bond acceptors (Lipinski definition) is 4. The molecule has 1 saturated carbocycles. The van der Waals surface area contributed by atoms with Crippen molar-refractivity contribution in [2.75, 3.05) is 11.6 Å². The summed E-state index contributed by atoms with van der Waals surface area (Å²) < 4.78 is 1.82. The van der Waals surface area contributed by atoms with Crippen molar-refractivity contribution in [2.45, 2.75) is 71.5 Å². The van der Waals surface area contributed by atoms with Crippen LogP contribution in [0.2, 0.25) is 10.0 Å². The molecule has 1 aliphatic carbocycles. The lowest BCUT2D eigenvalue weighted by Crippen LogP contribution is -2.51. The Morgan fingerprint density at radius 3 is 2.48 bits per heavy atom. The number of anilines is 2. The molecule has 0 spiro atoms. The van der Waals surface area contributed by atoms with Gasteiger partial charge in [-0.25, -0.2) is 4.98 Å². The standard InChI is InChI=1S/C22H28Cl2N4O/c1-3-18-15(2)25-22-27(20-11-10-16(23)12-19(20)24)13-26(14-28(22)21(18)29)17-8-6-4-5-7-9-17/h10-12,17H,3-9,13-14H2,1-2H3. The van der Waals surface area contributed by atoms with E-state index in [1.807, 2.05) is 30.5 Å². The van der Waals surface area contributed by atoms with Crippen LogP contribution in [-0.2, 0) is 13.1 Å².